The molecule has 1 heterocycles. The number of hydrogen-bond donors (Lipinski definition) is 1. The normalized spacial score (nSPS) is 8.95. The molecule has 0 spiro atoms. The van der Waals surface area contributed by atoms with Gasteiger partial charge in [-0.2, -0.15) is 0 Å². The molecule has 1 aromatic heterocycles. The molecule has 1 amide bonds. The minimum atomic E-state index is -0.190. The summed E-state index contributed by atoms with van der Waals surface area (Å²) >= 11 is 0. The Balaban J connectivity index is 0.000000550. The number of pyridine rings is 1. The van der Waals surface area contributed by atoms with Gasteiger partial charge in [0.25, 0.3) is 5.91 Å². The van der Waals surface area contributed by atoms with Crippen LogP contribution in [-0.4, -0.2) is 24.7 Å². The summed E-state index contributed by atoms with van der Waals surface area (Å²) in [6.45, 7) is 5.12. The van der Waals surface area contributed by atoms with Crippen LogP contribution in [0.15, 0.2) is 53.7 Å². The number of anilines is 1. The highest BCUT2D eigenvalue weighted by molar-refractivity contribution is 6.02. The van der Waals surface area contributed by atoms with Gasteiger partial charge in [0, 0.05) is 18.9 Å². The van der Waals surface area contributed by atoms with Crippen molar-refractivity contribution < 1.29 is 4.79 Å². The van der Waals surface area contributed by atoms with Gasteiger partial charge in [-0.05, 0) is 37.9 Å². The number of aliphatic imine (C=N–C) groups is 1. The summed E-state index contributed by atoms with van der Waals surface area (Å²) in [4.78, 5) is 19.0. The molecule has 0 saturated carbocycles. The van der Waals surface area contributed by atoms with Gasteiger partial charge in [-0.25, -0.2) is 0 Å². The number of carbonyl (C=O) groups is 1. The van der Waals surface area contributed by atoms with Gasteiger partial charge in [0.1, 0.15) is 5.69 Å². The van der Waals surface area contributed by atoms with Gasteiger partial charge >= 0.3 is 0 Å². The third-order valence-corrected chi connectivity index (χ3v) is 2.21. The van der Waals surface area contributed by atoms with E-state index in [-0.39, 0.29) is 5.91 Å². The Morgan fingerprint density at radius 3 is 2.37 bits per heavy atom. The molecule has 0 bridgehead atoms. The standard InChI is InChI=1S/C13H12N2O.C2H5N/c1-10-5-7-11(8-6-10)15-13(16)12-4-2-3-9-14-12;1-3-2/h2-9H,1H3,(H,15,16);1H2,2H3. The highest BCUT2D eigenvalue weighted by atomic mass is 16.1. The van der Waals surface area contributed by atoms with Crippen LogP contribution in [0.2, 0.25) is 0 Å². The Labute approximate surface area is 113 Å². The zero-order valence-corrected chi connectivity index (χ0v) is 11.1. The number of rotatable bonds is 2. The summed E-state index contributed by atoms with van der Waals surface area (Å²) in [5.74, 6) is -0.190. The first-order chi connectivity index (χ1) is 9.17. The fraction of sp³-hybridized carbons (Fsp3) is 0.133. The second kappa shape index (κ2) is 7.76. The summed E-state index contributed by atoms with van der Waals surface area (Å²) in [5.41, 5.74) is 2.36. The Morgan fingerprint density at radius 2 is 1.84 bits per heavy atom. The molecule has 0 unspecified atom stereocenters. The predicted octanol–water partition coefficient (Wildman–Crippen LogP) is 2.96. The fourth-order valence-electron chi connectivity index (χ4n) is 1.33. The summed E-state index contributed by atoms with van der Waals surface area (Å²) < 4.78 is 0. The Morgan fingerprint density at radius 1 is 1.21 bits per heavy atom. The smallest absolute Gasteiger partial charge is 0.274 e. The van der Waals surface area contributed by atoms with Crippen molar-refractivity contribution >= 4 is 18.3 Å². The molecular formula is C15H17N3O. The van der Waals surface area contributed by atoms with Gasteiger partial charge in [0.15, 0.2) is 0 Å². The summed E-state index contributed by atoms with van der Waals surface area (Å²) in [6, 6.07) is 12.9. The molecule has 1 aromatic carbocycles. The van der Waals surface area contributed by atoms with E-state index in [1.165, 1.54) is 0 Å². The molecule has 0 atom stereocenters. The van der Waals surface area contributed by atoms with Gasteiger partial charge in [0.2, 0.25) is 0 Å². The highest BCUT2D eigenvalue weighted by Gasteiger charge is 2.05. The second-order valence-corrected chi connectivity index (χ2v) is 3.85. The maximum absolute atomic E-state index is 11.7. The van der Waals surface area contributed by atoms with Crippen LogP contribution in [0.5, 0.6) is 0 Å². The van der Waals surface area contributed by atoms with E-state index in [1.54, 1.807) is 31.4 Å². The SMILES string of the molecule is C=NC.Cc1ccc(NC(=O)c2ccccn2)cc1. The number of carbonyl (C=O) groups excluding carboxylic acids is 1. The molecule has 0 aliphatic rings. The number of benzene rings is 1. The van der Waals surface area contributed by atoms with Crippen LogP contribution in [0.1, 0.15) is 16.1 Å². The highest BCUT2D eigenvalue weighted by Crippen LogP contribution is 2.09. The third kappa shape index (κ3) is 5.12. The van der Waals surface area contributed by atoms with E-state index in [0.29, 0.717) is 5.69 Å². The van der Waals surface area contributed by atoms with Crippen LogP contribution < -0.4 is 5.32 Å². The van der Waals surface area contributed by atoms with E-state index in [4.69, 9.17) is 0 Å². The first kappa shape index (κ1) is 14.6. The van der Waals surface area contributed by atoms with Gasteiger partial charge in [-0.1, -0.05) is 23.8 Å². The molecule has 1 N–H and O–H groups in total. The topological polar surface area (TPSA) is 54.4 Å². The molecule has 0 aliphatic carbocycles. The Bertz CT molecular complexity index is 521. The molecule has 2 aromatic rings. The van der Waals surface area contributed by atoms with Gasteiger partial charge in [-0.3, -0.25) is 9.78 Å². The van der Waals surface area contributed by atoms with Crippen LogP contribution in [0.3, 0.4) is 0 Å². The monoisotopic (exact) mass is 255 g/mol. The number of hydrogen-bond acceptors (Lipinski definition) is 3. The quantitative estimate of drug-likeness (QED) is 0.839. The van der Waals surface area contributed by atoms with Crippen LogP contribution >= 0.6 is 0 Å². The van der Waals surface area contributed by atoms with Crippen LogP contribution in [0.4, 0.5) is 5.69 Å². The predicted molar refractivity (Wildman–Crippen MR) is 78.8 cm³/mol. The maximum atomic E-state index is 11.7. The van der Waals surface area contributed by atoms with Crippen LogP contribution in [-0.2, 0) is 0 Å². The van der Waals surface area contributed by atoms with E-state index < -0.39 is 0 Å². The molecule has 4 heteroatoms. The maximum Gasteiger partial charge on any atom is 0.274 e. The third-order valence-electron chi connectivity index (χ3n) is 2.21. The molecule has 98 valence electrons. The lowest BCUT2D eigenvalue weighted by atomic mass is 10.2. The van der Waals surface area contributed by atoms with E-state index in [0.717, 1.165) is 11.3 Å². The molecule has 19 heavy (non-hydrogen) atoms. The van der Waals surface area contributed by atoms with Crippen molar-refractivity contribution in [2.45, 2.75) is 6.92 Å². The van der Waals surface area contributed by atoms with Crippen molar-refractivity contribution in [3.05, 3.63) is 59.9 Å². The minimum absolute atomic E-state index is 0.190. The van der Waals surface area contributed by atoms with Gasteiger partial charge < -0.3 is 10.3 Å². The largest absolute Gasteiger partial charge is 0.321 e. The molecule has 0 saturated heterocycles. The van der Waals surface area contributed by atoms with E-state index >= 15 is 0 Å². The summed E-state index contributed by atoms with van der Waals surface area (Å²) in [5, 5.41) is 2.78. The molecular weight excluding hydrogens is 238 g/mol. The number of amides is 1. The average molecular weight is 255 g/mol. The van der Waals surface area contributed by atoms with Crippen molar-refractivity contribution in [2.75, 3.05) is 12.4 Å². The van der Waals surface area contributed by atoms with Gasteiger partial charge in [-0.15, -0.1) is 0 Å². The number of nitrogens with one attached hydrogen (secondary N) is 1. The zero-order chi connectivity index (χ0) is 14.1. The van der Waals surface area contributed by atoms with Gasteiger partial charge in [0.05, 0.1) is 0 Å². The Kier molecular flexibility index (Phi) is 5.95. The Hall–Kier alpha value is -2.49. The summed E-state index contributed by atoms with van der Waals surface area (Å²) in [7, 11) is 1.64. The van der Waals surface area contributed by atoms with E-state index in [1.807, 2.05) is 31.2 Å². The minimum Gasteiger partial charge on any atom is -0.321 e. The van der Waals surface area contributed by atoms with E-state index in [9.17, 15) is 4.79 Å². The van der Waals surface area contributed by atoms with Crippen molar-refractivity contribution in [1.82, 2.24) is 4.98 Å². The average Bonchev–Trinajstić information content (AvgIpc) is 2.43. The molecule has 4 nitrogen and oxygen atoms in total. The number of aromatic nitrogens is 1. The lowest BCUT2D eigenvalue weighted by Gasteiger charge is -2.04. The zero-order valence-electron chi connectivity index (χ0n) is 11.1. The lowest BCUT2D eigenvalue weighted by Crippen LogP contribution is -2.13. The van der Waals surface area contributed by atoms with Crippen molar-refractivity contribution in [2.24, 2.45) is 4.99 Å². The number of aryl methyl sites for hydroxylation is 1. The first-order valence-electron chi connectivity index (χ1n) is 5.81. The first-order valence-corrected chi connectivity index (χ1v) is 5.81. The molecule has 0 radical (unpaired) electrons. The molecule has 2 rings (SSSR count). The summed E-state index contributed by atoms with van der Waals surface area (Å²) in [6.07, 6.45) is 1.60. The lowest BCUT2D eigenvalue weighted by molar-refractivity contribution is 0.102. The number of nitrogens with zero attached hydrogens (tertiary/aromatic N) is 2. The van der Waals surface area contributed by atoms with Crippen LogP contribution in [0, 0.1) is 6.92 Å². The van der Waals surface area contributed by atoms with Crippen molar-refractivity contribution in [3.8, 4) is 0 Å². The van der Waals surface area contributed by atoms with Crippen molar-refractivity contribution in [1.29, 1.82) is 0 Å². The molecule has 0 aliphatic heterocycles. The van der Waals surface area contributed by atoms with Crippen molar-refractivity contribution in [3.63, 3.8) is 0 Å². The fourth-order valence-corrected chi connectivity index (χ4v) is 1.33. The second-order valence-electron chi connectivity index (χ2n) is 3.85. The molecule has 0 fully saturated rings. The van der Waals surface area contributed by atoms with Crippen LogP contribution in [0.25, 0.3) is 0 Å². The van der Waals surface area contributed by atoms with E-state index in [2.05, 4.69) is 22.0 Å².